The van der Waals surface area contributed by atoms with Crippen LogP contribution in [0, 0.1) is 6.92 Å². The predicted molar refractivity (Wildman–Crippen MR) is 37.2 cm³/mol. The fourth-order valence-electron chi connectivity index (χ4n) is 0.896. The zero-order chi connectivity index (χ0) is 7.84. The summed E-state index contributed by atoms with van der Waals surface area (Å²) in [5.41, 5.74) is 0.639. The molecule has 0 amide bonds. The molecule has 11 heavy (non-hydrogen) atoms. The monoisotopic (exact) mass is 150 g/mol. The summed E-state index contributed by atoms with van der Waals surface area (Å²) >= 11 is 0. The average molecular weight is 150 g/mol. The number of fused-ring (bicyclic) bond motifs is 1. The number of aromatic hydroxyl groups is 1. The van der Waals surface area contributed by atoms with E-state index >= 15 is 0 Å². The van der Waals surface area contributed by atoms with E-state index in [0.29, 0.717) is 11.5 Å². The third-order valence-corrected chi connectivity index (χ3v) is 1.31. The van der Waals surface area contributed by atoms with Crippen LogP contribution in [0.4, 0.5) is 0 Å². The minimum Gasteiger partial charge on any atom is -0.492 e. The lowest BCUT2D eigenvalue weighted by Gasteiger charge is -1.89. The molecule has 5 nitrogen and oxygen atoms in total. The topological polar surface area (TPSA) is 63.3 Å². The van der Waals surface area contributed by atoms with Gasteiger partial charge in [0, 0.05) is 0 Å². The van der Waals surface area contributed by atoms with E-state index in [9.17, 15) is 0 Å². The summed E-state index contributed by atoms with van der Waals surface area (Å²) in [5, 5.41) is 12.9. The third-order valence-electron chi connectivity index (χ3n) is 1.31. The van der Waals surface area contributed by atoms with Crippen molar-refractivity contribution >= 4 is 5.65 Å². The van der Waals surface area contributed by atoms with E-state index in [4.69, 9.17) is 5.11 Å². The molecule has 5 heteroatoms. The van der Waals surface area contributed by atoms with E-state index < -0.39 is 0 Å². The standard InChI is InChI=1S/C6H6N4O/c1-4-8-5-2-7-6(11)3-10(5)9-4/h2-3,11H,1H3. The Morgan fingerprint density at radius 2 is 2.36 bits per heavy atom. The largest absolute Gasteiger partial charge is 0.492 e. The highest BCUT2D eigenvalue weighted by Crippen LogP contribution is 2.04. The SMILES string of the molecule is Cc1nc2cnc(O)cn2n1. The zero-order valence-corrected chi connectivity index (χ0v) is 5.89. The van der Waals surface area contributed by atoms with Gasteiger partial charge in [-0.2, -0.15) is 5.10 Å². The summed E-state index contributed by atoms with van der Waals surface area (Å²) in [5.74, 6) is 0.611. The average Bonchev–Trinajstić information content (AvgIpc) is 2.27. The van der Waals surface area contributed by atoms with E-state index in [1.54, 1.807) is 6.92 Å². The van der Waals surface area contributed by atoms with Crippen LogP contribution < -0.4 is 0 Å². The molecule has 2 rings (SSSR count). The second kappa shape index (κ2) is 1.91. The molecule has 0 bridgehead atoms. The van der Waals surface area contributed by atoms with Crippen molar-refractivity contribution in [1.82, 2.24) is 19.6 Å². The van der Waals surface area contributed by atoms with Crippen LogP contribution in [0.5, 0.6) is 5.88 Å². The highest BCUT2D eigenvalue weighted by Gasteiger charge is 1.98. The molecule has 2 aromatic rings. The molecule has 0 atom stereocenters. The summed E-state index contributed by atoms with van der Waals surface area (Å²) < 4.78 is 1.48. The van der Waals surface area contributed by atoms with Crippen LogP contribution in [-0.2, 0) is 0 Å². The highest BCUT2D eigenvalue weighted by atomic mass is 16.3. The first-order chi connectivity index (χ1) is 5.25. The van der Waals surface area contributed by atoms with Gasteiger partial charge < -0.3 is 5.11 Å². The van der Waals surface area contributed by atoms with Crippen LogP contribution >= 0.6 is 0 Å². The van der Waals surface area contributed by atoms with Crippen molar-refractivity contribution in [2.24, 2.45) is 0 Å². The van der Waals surface area contributed by atoms with Gasteiger partial charge in [0.1, 0.15) is 5.82 Å². The molecule has 0 aromatic carbocycles. The van der Waals surface area contributed by atoms with Crippen molar-refractivity contribution in [2.45, 2.75) is 6.92 Å². The van der Waals surface area contributed by atoms with E-state index in [1.807, 2.05) is 0 Å². The fourth-order valence-corrected chi connectivity index (χ4v) is 0.896. The Kier molecular flexibility index (Phi) is 1.06. The van der Waals surface area contributed by atoms with Crippen LogP contribution in [0.25, 0.3) is 5.65 Å². The normalized spacial score (nSPS) is 10.6. The molecule has 0 spiro atoms. The first-order valence-electron chi connectivity index (χ1n) is 3.14. The number of hydrogen-bond acceptors (Lipinski definition) is 4. The van der Waals surface area contributed by atoms with Crippen LogP contribution in [0.15, 0.2) is 12.4 Å². The molecule has 0 aliphatic carbocycles. The van der Waals surface area contributed by atoms with Crippen molar-refractivity contribution in [3.8, 4) is 5.88 Å². The fraction of sp³-hybridized carbons (Fsp3) is 0.167. The van der Waals surface area contributed by atoms with Crippen LogP contribution in [-0.4, -0.2) is 24.7 Å². The first-order valence-corrected chi connectivity index (χ1v) is 3.14. The molecule has 0 radical (unpaired) electrons. The Hall–Kier alpha value is -1.65. The smallest absolute Gasteiger partial charge is 0.229 e. The molecule has 1 N–H and O–H groups in total. The van der Waals surface area contributed by atoms with E-state index in [0.717, 1.165) is 0 Å². The number of hydrogen-bond donors (Lipinski definition) is 1. The van der Waals surface area contributed by atoms with Gasteiger partial charge in [-0.3, -0.25) is 0 Å². The molecule has 56 valence electrons. The first kappa shape index (κ1) is 6.09. The maximum atomic E-state index is 8.94. The lowest BCUT2D eigenvalue weighted by molar-refractivity contribution is 0.448. The molecule has 0 saturated heterocycles. The Labute approximate surface area is 62.3 Å². The molecular formula is C6H6N4O. The third kappa shape index (κ3) is 0.899. The summed E-state index contributed by atoms with van der Waals surface area (Å²) in [6.45, 7) is 1.78. The van der Waals surface area contributed by atoms with Crippen molar-refractivity contribution in [2.75, 3.05) is 0 Å². The summed E-state index contributed by atoms with van der Waals surface area (Å²) in [6.07, 6.45) is 2.88. The summed E-state index contributed by atoms with van der Waals surface area (Å²) in [7, 11) is 0. The summed E-state index contributed by atoms with van der Waals surface area (Å²) in [4.78, 5) is 7.69. The van der Waals surface area contributed by atoms with Gasteiger partial charge in [-0.1, -0.05) is 0 Å². The van der Waals surface area contributed by atoms with Crippen molar-refractivity contribution in [3.63, 3.8) is 0 Å². The Morgan fingerprint density at radius 3 is 3.18 bits per heavy atom. The van der Waals surface area contributed by atoms with Gasteiger partial charge >= 0.3 is 0 Å². The van der Waals surface area contributed by atoms with Gasteiger partial charge in [0.05, 0.1) is 12.4 Å². The van der Waals surface area contributed by atoms with Crippen LogP contribution in [0.3, 0.4) is 0 Å². The number of nitrogens with zero attached hydrogens (tertiary/aromatic N) is 4. The van der Waals surface area contributed by atoms with E-state index in [2.05, 4.69) is 15.1 Å². The van der Waals surface area contributed by atoms with E-state index in [1.165, 1.54) is 16.9 Å². The minimum absolute atomic E-state index is 0.0533. The molecule has 0 unspecified atom stereocenters. The minimum atomic E-state index is -0.0533. The summed E-state index contributed by atoms with van der Waals surface area (Å²) in [6, 6.07) is 0. The number of rotatable bonds is 0. The predicted octanol–water partition coefficient (Wildman–Crippen LogP) is 0.138. The van der Waals surface area contributed by atoms with Crippen molar-refractivity contribution < 1.29 is 5.11 Å². The van der Waals surface area contributed by atoms with Gasteiger partial charge in [0.15, 0.2) is 5.65 Å². The highest BCUT2D eigenvalue weighted by molar-refractivity contribution is 5.34. The maximum Gasteiger partial charge on any atom is 0.229 e. The number of aryl methyl sites for hydroxylation is 1. The maximum absolute atomic E-state index is 8.94. The molecule has 0 saturated carbocycles. The molecule has 0 aliphatic rings. The quantitative estimate of drug-likeness (QED) is 0.580. The molecule has 0 fully saturated rings. The van der Waals surface area contributed by atoms with Crippen molar-refractivity contribution in [3.05, 3.63) is 18.2 Å². The van der Waals surface area contributed by atoms with Crippen LogP contribution in [0.1, 0.15) is 5.82 Å². The molecular weight excluding hydrogens is 144 g/mol. The Balaban J connectivity index is 2.82. The second-order valence-corrected chi connectivity index (χ2v) is 2.21. The van der Waals surface area contributed by atoms with Gasteiger partial charge in [-0.05, 0) is 6.92 Å². The van der Waals surface area contributed by atoms with Crippen molar-refractivity contribution in [1.29, 1.82) is 0 Å². The van der Waals surface area contributed by atoms with E-state index in [-0.39, 0.29) is 5.88 Å². The zero-order valence-electron chi connectivity index (χ0n) is 5.89. The lowest BCUT2D eigenvalue weighted by Crippen LogP contribution is -1.87. The van der Waals surface area contributed by atoms with Crippen LogP contribution in [0.2, 0.25) is 0 Å². The molecule has 2 aromatic heterocycles. The van der Waals surface area contributed by atoms with Gasteiger partial charge in [0.25, 0.3) is 0 Å². The number of aromatic nitrogens is 4. The second-order valence-electron chi connectivity index (χ2n) is 2.21. The Bertz CT molecular complexity index is 394. The van der Waals surface area contributed by atoms with Gasteiger partial charge in [-0.25, -0.2) is 14.5 Å². The molecule has 2 heterocycles. The molecule has 0 aliphatic heterocycles. The van der Waals surface area contributed by atoms with Gasteiger partial charge in [0.2, 0.25) is 5.88 Å². The Morgan fingerprint density at radius 1 is 1.55 bits per heavy atom. The van der Waals surface area contributed by atoms with Gasteiger partial charge in [-0.15, -0.1) is 0 Å². The lowest BCUT2D eigenvalue weighted by atomic mass is 10.7.